The van der Waals surface area contributed by atoms with Crippen molar-refractivity contribution in [1.82, 2.24) is 4.98 Å². The summed E-state index contributed by atoms with van der Waals surface area (Å²) in [5.74, 6) is -0.927. The molecule has 18 heavy (non-hydrogen) atoms. The molecule has 0 unspecified atom stereocenters. The van der Waals surface area contributed by atoms with E-state index in [0.29, 0.717) is 18.8 Å². The van der Waals surface area contributed by atoms with E-state index < -0.39 is 5.82 Å². The van der Waals surface area contributed by atoms with Gasteiger partial charge in [-0.05, 0) is 23.3 Å². The number of hydrogen-bond acceptors (Lipinski definition) is 3. The van der Waals surface area contributed by atoms with Crippen LogP contribution in [0.25, 0.3) is 0 Å². The smallest absolute Gasteiger partial charge is 0.196 e. The van der Waals surface area contributed by atoms with Crippen molar-refractivity contribution in [2.75, 3.05) is 0 Å². The summed E-state index contributed by atoms with van der Waals surface area (Å²) in [6, 6.07) is 6.72. The Morgan fingerprint density at radius 3 is 2.89 bits per heavy atom. The summed E-state index contributed by atoms with van der Waals surface area (Å²) in [6.45, 7) is 1.09. The van der Waals surface area contributed by atoms with Gasteiger partial charge in [-0.3, -0.25) is 9.78 Å². The average Bonchev–Trinajstić information content (AvgIpc) is 2.85. The predicted molar refractivity (Wildman–Crippen MR) is 62.6 cm³/mol. The molecule has 1 aromatic carbocycles. The minimum Gasteiger partial charge on any atom is -0.372 e. The lowest BCUT2D eigenvalue weighted by atomic mass is 10.00. The molecule has 3 nitrogen and oxygen atoms in total. The molecule has 1 aliphatic heterocycles. The van der Waals surface area contributed by atoms with Crippen LogP contribution in [-0.2, 0) is 18.0 Å². The van der Waals surface area contributed by atoms with E-state index in [1.807, 2.05) is 6.07 Å². The Labute approximate surface area is 103 Å². The van der Waals surface area contributed by atoms with E-state index in [-0.39, 0.29) is 11.3 Å². The van der Waals surface area contributed by atoms with Gasteiger partial charge in [0.2, 0.25) is 0 Å². The van der Waals surface area contributed by atoms with Gasteiger partial charge in [-0.1, -0.05) is 12.1 Å². The molecule has 0 atom stereocenters. The molecule has 0 radical (unpaired) electrons. The van der Waals surface area contributed by atoms with E-state index in [1.54, 1.807) is 12.1 Å². The molecular formula is C14H10FNO2. The van der Waals surface area contributed by atoms with Crippen LogP contribution in [0.2, 0.25) is 0 Å². The second kappa shape index (κ2) is 4.31. The summed E-state index contributed by atoms with van der Waals surface area (Å²) >= 11 is 0. The number of nitrogens with zero attached hydrogens (tertiary/aromatic N) is 1. The zero-order chi connectivity index (χ0) is 12.5. The summed E-state index contributed by atoms with van der Waals surface area (Å²) < 4.78 is 18.8. The number of hydrogen-bond donors (Lipinski definition) is 0. The van der Waals surface area contributed by atoms with E-state index >= 15 is 0 Å². The average molecular weight is 243 g/mol. The maximum atomic E-state index is 13.5. The molecule has 0 fully saturated rings. The minimum absolute atomic E-state index is 0.0452. The molecule has 1 aliphatic rings. The number of carbonyl (C=O) groups is 1. The summed E-state index contributed by atoms with van der Waals surface area (Å²) in [6.07, 6.45) is 2.45. The zero-order valence-corrected chi connectivity index (χ0v) is 9.52. The van der Waals surface area contributed by atoms with Gasteiger partial charge in [0, 0.05) is 11.8 Å². The van der Waals surface area contributed by atoms with Crippen LogP contribution in [-0.4, -0.2) is 10.8 Å². The normalized spacial score (nSPS) is 13.4. The van der Waals surface area contributed by atoms with Gasteiger partial charge in [0.1, 0.15) is 0 Å². The lowest BCUT2D eigenvalue weighted by molar-refractivity contribution is 0.103. The number of fused-ring (bicyclic) bond motifs is 1. The number of rotatable bonds is 2. The van der Waals surface area contributed by atoms with Gasteiger partial charge < -0.3 is 4.74 Å². The second-order valence-corrected chi connectivity index (χ2v) is 4.16. The van der Waals surface area contributed by atoms with Crippen LogP contribution in [0.5, 0.6) is 0 Å². The number of ketones is 1. The molecule has 0 saturated heterocycles. The van der Waals surface area contributed by atoms with E-state index in [0.717, 1.165) is 17.3 Å². The fourth-order valence-corrected chi connectivity index (χ4v) is 2.03. The van der Waals surface area contributed by atoms with Crippen molar-refractivity contribution in [1.29, 1.82) is 0 Å². The SMILES string of the molecule is O=C(c1ccc2c(c1)COC2)c1ccncc1F. The Kier molecular flexibility index (Phi) is 2.64. The Balaban J connectivity index is 2.01. The number of benzene rings is 1. The van der Waals surface area contributed by atoms with Crippen molar-refractivity contribution in [2.24, 2.45) is 0 Å². The number of ether oxygens (including phenoxy) is 1. The fourth-order valence-electron chi connectivity index (χ4n) is 2.03. The molecule has 4 heteroatoms. The second-order valence-electron chi connectivity index (χ2n) is 4.16. The zero-order valence-electron chi connectivity index (χ0n) is 9.52. The molecule has 0 bridgehead atoms. The summed E-state index contributed by atoms with van der Waals surface area (Å²) in [5.41, 5.74) is 2.60. The Morgan fingerprint density at radius 2 is 2.06 bits per heavy atom. The Bertz CT molecular complexity index is 625. The van der Waals surface area contributed by atoms with Crippen molar-refractivity contribution in [3.8, 4) is 0 Å². The van der Waals surface area contributed by atoms with Gasteiger partial charge in [-0.2, -0.15) is 0 Å². The van der Waals surface area contributed by atoms with E-state index in [1.165, 1.54) is 12.3 Å². The summed E-state index contributed by atoms with van der Waals surface area (Å²) in [4.78, 5) is 15.8. The van der Waals surface area contributed by atoms with Crippen LogP contribution in [0, 0.1) is 5.82 Å². The van der Waals surface area contributed by atoms with E-state index in [9.17, 15) is 9.18 Å². The van der Waals surface area contributed by atoms with Crippen molar-refractivity contribution in [3.63, 3.8) is 0 Å². The molecule has 2 heterocycles. The van der Waals surface area contributed by atoms with Gasteiger partial charge in [-0.25, -0.2) is 4.39 Å². The van der Waals surface area contributed by atoms with Crippen molar-refractivity contribution in [2.45, 2.75) is 13.2 Å². The van der Waals surface area contributed by atoms with E-state index in [4.69, 9.17) is 4.74 Å². The molecule has 0 N–H and O–H groups in total. The van der Waals surface area contributed by atoms with Gasteiger partial charge in [0.05, 0.1) is 25.0 Å². The molecule has 0 saturated carbocycles. The predicted octanol–water partition coefficient (Wildman–Crippen LogP) is 2.48. The molecule has 0 spiro atoms. The molecule has 0 aliphatic carbocycles. The van der Waals surface area contributed by atoms with Gasteiger partial charge in [-0.15, -0.1) is 0 Å². The molecule has 1 aromatic heterocycles. The summed E-state index contributed by atoms with van der Waals surface area (Å²) in [5, 5.41) is 0. The molecular weight excluding hydrogens is 233 g/mol. The topological polar surface area (TPSA) is 39.2 Å². The van der Waals surface area contributed by atoms with Crippen LogP contribution < -0.4 is 0 Å². The van der Waals surface area contributed by atoms with Gasteiger partial charge in [0.15, 0.2) is 11.6 Å². The largest absolute Gasteiger partial charge is 0.372 e. The highest BCUT2D eigenvalue weighted by molar-refractivity contribution is 6.09. The monoisotopic (exact) mass is 243 g/mol. The first-order valence-electron chi connectivity index (χ1n) is 5.59. The molecule has 90 valence electrons. The van der Waals surface area contributed by atoms with Gasteiger partial charge in [0.25, 0.3) is 0 Å². The van der Waals surface area contributed by atoms with Crippen LogP contribution in [0.15, 0.2) is 36.7 Å². The highest BCUT2D eigenvalue weighted by Gasteiger charge is 2.17. The molecule has 2 aromatic rings. The number of carbonyl (C=O) groups excluding carboxylic acids is 1. The maximum absolute atomic E-state index is 13.5. The third-order valence-corrected chi connectivity index (χ3v) is 3.00. The number of aromatic nitrogens is 1. The van der Waals surface area contributed by atoms with Crippen LogP contribution in [0.1, 0.15) is 27.0 Å². The highest BCUT2D eigenvalue weighted by Crippen LogP contribution is 2.22. The lowest BCUT2D eigenvalue weighted by Gasteiger charge is -2.04. The highest BCUT2D eigenvalue weighted by atomic mass is 19.1. The standard InChI is InChI=1S/C14H10FNO2/c15-13-6-16-4-3-12(13)14(17)9-1-2-10-7-18-8-11(10)5-9/h1-6H,7-8H2. The van der Waals surface area contributed by atoms with Crippen molar-refractivity contribution in [3.05, 3.63) is 64.7 Å². The Morgan fingerprint density at radius 1 is 1.22 bits per heavy atom. The van der Waals surface area contributed by atoms with Crippen molar-refractivity contribution >= 4 is 5.78 Å². The third kappa shape index (κ3) is 1.80. The Hall–Kier alpha value is -2.07. The molecule has 0 amide bonds. The quantitative estimate of drug-likeness (QED) is 0.761. The third-order valence-electron chi connectivity index (χ3n) is 3.00. The van der Waals surface area contributed by atoms with Crippen LogP contribution in [0.4, 0.5) is 4.39 Å². The number of pyridine rings is 1. The van der Waals surface area contributed by atoms with Crippen LogP contribution >= 0.6 is 0 Å². The first-order chi connectivity index (χ1) is 8.75. The first-order valence-corrected chi connectivity index (χ1v) is 5.59. The minimum atomic E-state index is -0.598. The first kappa shape index (κ1) is 11.0. The number of halogens is 1. The summed E-state index contributed by atoms with van der Waals surface area (Å²) in [7, 11) is 0. The lowest BCUT2D eigenvalue weighted by Crippen LogP contribution is -2.05. The fraction of sp³-hybridized carbons (Fsp3) is 0.143. The van der Waals surface area contributed by atoms with E-state index in [2.05, 4.69) is 4.98 Å². The molecule has 3 rings (SSSR count). The maximum Gasteiger partial charge on any atom is 0.196 e. The van der Waals surface area contributed by atoms with Crippen molar-refractivity contribution < 1.29 is 13.9 Å². The van der Waals surface area contributed by atoms with Gasteiger partial charge >= 0.3 is 0 Å². The van der Waals surface area contributed by atoms with Crippen LogP contribution in [0.3, 0.4) is 0 Å².